The van der Waals surface area contributed by atoms with Crippen LogP contribution in [-0.4, -0.2) is 23.5 Å². The summed E-state index contributed by atoms with van der Waals surface area (Å²) in [6.45, 7) is 3.88. The summed E-state index contributed by atoms with van der Waals surface area (Å²) < 4.78 is 0. The summed E-state index contributed by atoms with van der Waals surface area (Å²) in [5.74, 6) is -1.12. The zero-order chi connectivity index (χ0) is 13.5. The van der Waals surface area contributed by atoms with Gasteiger partial charge in [0, 0.05) is 12.2 Å². The van der Waals surface area contributed by atoms with Crippen LogP contribution in [0.4, 0.5) is 5.69 Å². The third kappa shape index (κ3) is 4.05. The summed E-state index contributed by atoms with van der Waals surface area (Å²) in [5, 5.41) is 8.71. The standard InChI is InChI=1S/C14H17NO3/c1-3-4-13(16)15(10-9-14(17)18)12-7-5-11(2)6-8-12/h3-8H,9-10H2,1-2H3,(H,17,18)/b4-3+. The molecule has 1 rings (SSSR count). The molecule has 0 atom stereocenters. The van der Waals surface area contributed by atoms with Crippen LogP contribution in [0.25, 0.3) is 0 Å². The van der Waals surface area contributed by atoms with Crippen molar-refractivity contribution in [2.75, 3.05) is 11.4 Å². The molecular formula is C14H17NO3. The number of carboxylic acids is 1. The summed E-state index contributed by atoms with van der Waals surface area (Å²) in [4.78, 5) is 24.0. The van der Waals surface area contributed by atoms with E-state index in [9.17, 15) is 9.59 Å². The van der Waals surface area contributed by atoms with Gasteiger partial charge in [0.2, 0.25) is 0 Å². The summed E-state index contributed by atoms with van der Waals surface area (Å²) >= 11 is 0. The monoisotopic (exact) mass is 247 g/mol. The zero-order valence-electron chi connectivity index (χ0n) is 10.6. The summed E-state index contributed by atoms with van der Waals surface area (Å²) in [5.41, 5.74) is 1.81. The molecule has 0 aromatic heterocycles. The van der Waals surface area contributed by atoms with E-state index in [0.717, 1.165) is 5.56 Å². The number of anilines is 1. The van der Waals surface area contributed by atoms with Gasteiger partial charge < -0.3 is 10.0 Å². The number of allylic oxidation sites excluding steroid dienone is 1. The van der Waals surface area contributed by atoms with Gasteiger partial charge in [-0.1, -0.05) is 23.8 Å². The van der Waals surface area contributed by atoms with Crippen molar-refractivity contribution in [3.05, 3.63) is 42.0 Å². The maximum atomic E-state index is 11.9. The largest absolute Gasteiger partial charge is 0.481 e. The van der Waals surface area contributed by atoms with Gasteiger partial charge in [0.25, 0.3) is 5.91 Å². The highest BCUT2D eigenvalue weighted by atomic mass is 16.4. The normalized spacial score (nSPS) is 10.6. The van der Waals surface area contributed by atoms with Crippen molar-refractivity contribution in [3.63, 3.8) is 0 Å². The number of hydrogen-bond acceptors (Lipinski definition) is 2. The first-order valence-electron chi connectivity index (χ1n) is 5.77. The Morgan fingerprint density at radius 3 is 2.39 bits per heavy atom. The average Bonchev–Trinajstić information content (AvgIpc) is 2.31. The van der Waals surface area contributed by atoms with Gasteiger partial charge in [0.05, 0.1) is 6.42 Å². The smallest absolute Gasteiger partial charge is 0.305 e. The van der Waals surface area contributed by atoms with E-state index in [-0.39, 0.29) is 18.9 Å². The maximum absolute atomic E-state index is 11.9. The highest BCUT2D eigenvalue weighted by Gasteiger charge is 2.14. The number of aryl methyl sites for hydroxylation is 1. The number of rotatable bonds is 5. The fourth-order valence-corrected chi connectivity index (χ4v) is 1.53. The van der Waals surface area contributed by atoms with Crippen LogP contribution >= 0.6 is 0 Å². The second kappa shape index (κ2) is 6.59. The molecule has 1 aromatic carbocycles. The van der Waals surface area contributed by atoms with E-state index in [1.54, 1.807) is 13.0 Å². The molecule has 0 aliphatic rings. The summed E-state index contributed by atoms with van der Waals surface area (Å²) in [6.07, 6.45) is 3.00. The molecular weight excluding hydrogens is 230 g/mol. The van der Waals surface area contributed by atoms with Crippen LogP contribution in [0.2, 0.25) is 0 Å². The van der Waals surface area contributed by atoms with Gasteiger partial charge in [-0.3, -0.25) is 9.59 Å². The van der Waals surface area contributed by atoms with E-state index >= 15 is 0 Å². The van der Waals surface area contributed by atoms with Crippen molar-refractivity contribution >= 4 is 17.6 Å². The zero-order valence-corrected chi connectivity index (χ0v) is 10.6. The maximum Gasteiger partial charge on any atom is 0.305 e. The molecule has 18 heavy (non-hydrogen) atoms. The Kier molecular flexibility index (Phi) is 5.11. The highest BCUT2D eigenvalue weighted by molar-refractivity contribution is 6.01. The summed E-state index contributed by atoms with van der Waals surface area (Å²) in [6, 6.07) is 7.43. The van der Waals surface area contributed by atoms with Crippen molar-refractivity contribution in [1.82, 2.24) is 0 Å². The number of nitrogens with zero attached hydrogens (tertiary/aromatic N) is 1. The molecule has 0 fully saturated rings. The predicted octanol–water partition coefficient (Wildman–Crippen LogP) is 2.38. The molecule has 4 nitrogen and oxygen atoms in total. The number of carboxylic acid groups (broad SMARTS) is 1. The van der Waals surface area contributed by atoms with Crippen LogP contribution < -0.4 is 4.90 Å². The number of amides is 1. The first kappa shape index (κ1) is 14.0. The predicted molar refractivity (Wildman–Crippen MR) is 70.6 cm³/mol. The quantitative estimate of drug-likeness (QED) is 0.813. The molecule has 4 heteroatoms. The van der Waals surface area contributed by atoms with E-state index < -0.39 is 5.97 Å². The molecule has 0 radical (unpaired) electrons. The molecule has 1 aromatic rings. The Hall–Kier alpha value is -2.10. The van der Waals surface area contributed by atoms with Crippen LogP contribution in [0.1, 0.15) is 18.9 Å². The number of benzene rings is 1. The molecule has 0 bridgehead atoms. The molecule has 0 unspecified atom stereocenters. The molecule has 0 heterocycles. The van der Waals surface area contributed by atoms with E-state index in [0.29, 0.717) is 5.69 Å². The van der Waals surface area contributed by atoms with Gasteiger partial charge >= 0.3 is 5.97 Å². The Bertz CT molecular complexity index is 449. The topological polar surface area (TPSA) is 57.6 Å². The van der Waals surface area contributed by atoms with E-state index in [2.05, 4.69) is 0 Å². The van der Waals surface area contributed by atoms with Gasteiger partial charge in [-0.25, -0.2) is 0 Å². The van der Waals surface area contributed by atoms with Crippen LogP contribution in [0.15, 0.2) is 36.4 Å². The Morgan fingerprint density at radius 1 is 1.28 bits per heavy atom. The van der Waals surface area contributed by atoms with Gasteiger partial charge in [-0.2, -0.15) is 0 Å². The van der Waals surface area contributed by atoms with Gasteiger partial charge in [0.1, 0.15) is 0 Å². The number of hydrogen-bond donors (Lipinski definition) is 1. The average molecular weight is 247 g/mol. The van der Waals surface area contributed by atoms with Crippen LogP contribution in [0.3, 0.4) is 0 Å². The molecule has 0 aliphatic carbocycles. The van der Waals surface area contributed by atoms with Crippen LogP contribution in [0, 0.1) is 6.92 Å². The van der Waals surface area contributed by atoms with Gasteiger partial charge in [-0.05, 0) is 32.1 Å². The van der Waals surface area contributed by atoms with Crippen molar-refractivity contribution in [2.45, 2.75) is 20.3 Å². The second-order valence-corrected chi connectivity index (χ2v) is 3.97. The SMILES string of the molecule is C/C=C/C(=O)N(CCC(=O)O)c1ccc(C)cc1. The first-order chi connectivity index (χ1) is 8.54. The lowest BCUT2D eigenvalue weighted by Gasteiger charge is -2.20. The first-order valence-corrected chi connectivity index (χ1v) is 5.77. The fraction of sp³-hybridized carbons (Fsp3) is 0.286. The molecule has 0 saturated carbocycles. The lowest BCUT2D eigenvalue weighted by molar-refractivity contribution is -0.136. The molecule has 96 valence electrons. The third-order valence-electron chi connectivity index (χ3n) is 2.47. The third-order valence-corrected chi connectivity index (χ3v) is 2.47. The van der Waals surface area contributed by atoms with Crippen molar-refractivity contribution in [2.24, 2.45) is 0 Å². The molecule has 0 aliphatic heterocycles. The van der Waals surface area contributed by atoms with Gasteiger partial charge in [-0.15, -0.1) is 0 Å². The molecule has 0 saturated heterocycles. The Labute approximate surface area is 107 Å². The van der Waals surface area contributed by atoms with Crippen molar-refractivity contribution < 1.29 is 14.7 Å². The van der Waals surface area contributed by atoms with Crippen LogP contribution in [0.5, 0.6) is 0 Å². The van der Waals surface area contributed by atoms with E-state index in [4.69, 9.17) is 5.11 Å². The lowest BCUT2D eigenvalue weighted by atomic mass is 10.2. The minimum Gasteiger partial charge on any atom is -0.481 e. The van der Waals surface area contributed by atoms with E-state index in [1.807, 2.05) is 31.2 Å². The molecule has 1 N–H and O–H groups in total. The van der Waals surface area contributed by atoms with Gasteiger partial charge in [0.15, 0.2) is 0 Å². The Balaban J connectivity index is 2.92. The second-order valence-electron chi connectivity index (χ2n) is 3.97. The number of carbonyl (C=O) groups excluding carboxylic acids is 1. The van der Waals surface area contributed by atoms with Crippen LogP contribution in [-0.2, 0) is 9.59 Å². The number of carbonyl (C=O) groups is 2. The Morgan fingerprint density at radius 2 is 1.89 bits per heavy atom. The minimum absolute atomic E-state index is 0.0723. The lowest BCUT2D eigenvalue weighted by Crippen LogP contribution is -2.31. The molecule has 1 amide bonds. The fourth-order valence-electron chi connectivity index (χ4n) is 1.53. The number of aliphatic carboxylic acids is 1. The van der Waals surface area contributed by atoms with Crippen molar-refractivity contribution in [3.8, 4) is 0 Å². The molecule has 0 spiro atoms. The minimum atomic E-state index is -0.916. The highest BCUT2D eigenvalue weighted by Crippen LogP contribution is 2.16. The van der Waals surface area contributed by atoms with E-state index in [1.165, 1.54) is 11.0 Å². The summed E-state index contributed by atoms with van der Waals surface area (Å²) in [7, 11) is 0. The van der Waals surface area contributed by atoms with Crippen molar-refractivity contribution in [1.29, 1.82) is 0 Å².